The maximum atomic E-state index is 5.13. The number of benzene rings is 6. The van der Waals surface area contributed by atoms with Gasteiger partial charge in [0.15, 0.2) is 5.82 Å². The van der Waals surface area contributed by atoms with Gasteiger partial charge in [0, 0.05) is 50.0 Å². The maximum absolute atomic E-state index is 5.13. The molecule has 0 saturated heterocycles. The molecule has 0 fully saturated rings. The van der Waals surface area contributed by atoms with E-state index in [0.717, 1.165) is 46.1 Å². The van der Waals surface area contributed by atoms with Crippen molar-refractivity contribution < 1.29 is 0 Å². The molecule has 0 N–H and O–H groups in total. The van der Waals surface area contributed by atoms with Crippen LogP contribution in [0.1, 0.15) is 18.0 Å². The Morgan fingerprint density at radius 1 is 0.460 bits per heavy atom. The summed E-state index contributed by atoms with van der Waals surface area (Å²) < 4.78 is 4.79. The predicted octanol–water partition coefficient (Wildman–Crippen LogP) is 11.6. The lowest BCUT2D eigenvalue weighted by Crippen LogP contribution is -2.04. The lowest BCUT2D eigenvalue weighted by Gasteiger charge is -2.16. The highest BCUT2D eigenvalue weighted by molar-refractivity contribution is 6.19. The molecule has 9 aromatic rings. The van der Waals surface area contributed by atoms with Gasteiger partial charge in [-0.2, -0.15) is 0 Å². The minimum atomic E-state index is 0.226. The molecular weight excluding hydrogens is 609 g/mol. The molecule has 4 nitrogen and oxygen atoms in total. The second-order valence-corrected chi connectivity index (χ2v) is 13.0. The maximum Gasteiger partial charge on any atom is 0.160 e. The number of hydrogen-bond donors (Lipinski definition) is 0. The average Bonchev–Trinajstić information content (AvgIpc) is 3.70. The van der Waals surface area contributed by atoms with Gasteiger partial charge in [-0.1, -0.05) is 109 Å². The summed E-state index contributed by atoms with van der Waals surface area (Å²) in [6, 6.07) is 54.2. The zero-order chi connectivity index (χ0) is 33.0. The zero-order valence-electron chi connectivity index (χ0n) is 27.3. The highest BCUT2D eigenvalue weighted by atomic mass is 15.0. The largest absolute Gasteiger partial charge is 0.309 e. The van der Waals surface area contributed by atoms with Crippen LogP contribution >= 0.6 is 0 Å². The van der Waals surface area contributed by atoms with Crippen LogP contribution in [0.3, 0.4) is 0 Å². The van der Waals surface area contributed by atoms with Crippen molar-refractivity contribution in [3.63, 3.8) is 0 Å². The Labute approximate surface area is 289 Å². The molecule has 3 aromatic heterocycles. The molecule has 1 aliphatic carbocycles. The summed E-state index contributed by atoms with van der Waals surface area (Å²) in [7, 11) is 0. The van der Waals surface area contributed by atoms with Crippen molar-refractivity contribution in [2.45, 2.75) is 12.3 Å². The average molecular weight is 641 g/mol. The van der Waals surface area contributed by atoms with Crippen LogP contribution in [-0.2, 0) is 0 Å². The van der Waals surface area contributed by atoms with Crippen molar-refractivity contribution in [3.05, 3.63) is 182 Å². The van der Waals surface area contributed by atoms with Gasteiger partial charge in [-0.05, 0) is 73.2 Å². The molecule has 6 aromatic carbocycles. The minimum absolute atomic E-state index is 0.226. The van der Waals surface area contributed by atoms with E-state index in [2.05, 4.69) is 179 Å². The van der Waals surface area contributed by atoms with Crippen LogP contribution in [-0.4, -0.2) is 19.1 Å². The van der Waals surface area contributed by atoms with Crippen molar-refractivity contribution in [2.24, 2.45) is 0 Å². The first-order valence-electron chi connectivity index (χ1n) is 17.2. The number of para-hydroxylation sites is 3. The Kier molecular flexibility index (Phi) is 6.59. The van der Waals surface area contributed by atoms with Gasteiger partial charge in [0.2, 0.25) is 0 Å². The summed E-state index contributed by atoms with van der Waals surface area (Å²) in [4.78, 5) is 10.2. The number of rotatable bonds is 5. The van der Waals surface area contributed by atoms with E-state index < -0.39 is 0 Å². The molecule has 236 valence electrons. The van der Waals surface area contributed by atoms with Gasteiger partial charge in [0.1, 0.15) is 0 Å². The van der Waals surface area contributed by atoms with E-state index in [1.165, 1.54) is 43.6 Å². The highest BCUT2D eigenvalue weighted by Crippen LogP contribution is 2.40. The highest BCUT2D eigenvalue weighted by Gasteiger charge is 2.19. The van der Waals surface area contributed by atoms with Crippen LogP contribution in [0.2, 0.25) is 0 Å². The smallest absolute Gasteiger partial charge is 0.160 e. The molecule has 50 heavy (non-hydrogen) atoms. The molecule has 4 heteroatoms. The molecular formula is C46H32N4. The fraction of sp³-hybridized carbons (Fsp3) is 0.0435. The number of allylic oxidation sites excluding steroid dienone is 4. The summed E-state index contributed by atoms with van der Waals surface area (Å²) in [5.74, 6) is 0.969. The Hall–Kier alpha value is -6.52. The quantitative estimate of drug-likeness (QED) is 0.188. The van der Waals surface area contributed by atoms with Gasteiger partial charge in [-0.25, -0.2) is 9.97 Å². The number of fused-ring (bicyclic) bond motifs is 6. The second kappa shape index (κ2) is 11.6. The van der Waals surface area contributed by atoms with Crippen molar-refractivity contribution in [2.75, 3.05) is 0 Å². The first kappa shape index (κ1) is 28.5. The minimum Gasteiger partial charge on any atom is -0.309 e. The first-order chi connectivity index (χ1) is 24.8. The molecule has 0 radical (unpaired) electrons. The summed E-state index contributed by atoms with van der Waals surface area (Å²) in [6.45, 7) is 0. The third-order valence-electron chi connectivity index (χ3n) is 10.0. The first-order valence-corrected chi connectivity index (χ1v) is 17.2. The Morgan fingerprint density at radius 3 is 1.70 bits per heavy atom. The van der Waals surface area contributed by atoms with Crippen molar-refractivity contribution in [3.8, 4) is 34.0 Å². The van der Waals surface area contributed by atoms with Crippen LogP contribution in [0.4, 0.5) is 0 Å². The van der Waals surface area contributed by atoms with Gasteiger partial charge in [0.25, 0.3) is 0 Å². The normalized spacial score (nSPS) is 14.4. The van der Waals surface area contributed by atoms with Gasteiger partial charge < -0.3 is 9.13 Å². The van der Waals surface area contributed by atoms with E-state index in [1.807, 2.05) is 6.07 Å². The topological polar surface area (TPSA) is 35.6 Å². The summed E-state index contributed by atoms with van der Waals surface area (Å²) in [6.07, 6.45) is 9.61. The molecule has 0 bridgehead atoms. The van der Waals surface area contributed by atoms with E-state index in [9.17, 15) is 0 Å². The van der Waals surface area contributed by atoms with Crippen molar-refractivity contribution >= 4 is 43.6 Å². The van der Waals surface area contributed by atoms with Crippen molar-refractivity contribution in [1.29, 1.82) is 0 Å². The number of aromatic nitrogens is 4. The molecule has 0 spiro atoms. The fourth-order valence-corrected chi connectivity index (χ4v) is 7.67. The molecule has 3 heterocycles. The standard InChI is InChI=1S/C46H32N4/c1-4-14-31(15-5-1)40-29-41(32-16-6-2-7-17-32)48-46(47-40)33-24-26-35(27-25-33)50-43-23-13-11-21-37(43)39-28-38-36-20-10-12-22-42(36)49(44(38)30-45(39)50)34-18-8-3-9-19-34/h1-16,18-30,32H,17H2. The van der Waals surface area contributed by atoms with Crippen LogP contribution < -0.4 is 0 Å². The number of hydrogen-bond acceptors (Lipinski definition) is 2. The molecule has 1 unspecified atom stereocenters. The van der Waals surface area contributed by atoms with E-state index in [4.69, 9.17) is 9.97 Å². The SMILES string of the molecule is C1=CCC(c2cc(-c3ccccc3)nc(-c3ccc(-n4c5ccccc5c5cc6c7ccccc7n(-c7ccccc7)c6cc54)cc3)n2)C=C1. The molecule has 0 amide bonds. The van der Waals surface area contributed by atoms with Crippen LogP contribution in [0.25, 0.3) is 77.6 Å². The second-order valence-electron chi connectivity index (χ2n) is 13.0. The third kappa shape index (κ3) is 4.61. The zero-order valence-corrected chi connectivity index (χ0v) is 27.3. The van der Waals surface area contributed by atoms with Gasteiger partial charge in [-0.15, -0.1) is 0 Å². The monoisotopic (exact) mass is 640 g/mol. The summed E-state index contributed by atoms with van der Waals surface area (Å²) >= 11 is 0. The van der Waals surface area contributed by atoms with Crippen LogP contribution in [0, 0.1) is 0 Å². The lowest BCUT2D eigenvalue weighted by molar-refractivity contribution is 0.811. The third-order valence-corrected chi connectivity index (χ3v) is 10.0. The summed E-state index contributed by atoms with van der Waals surface area (Å²) in [5, 5.41) is 4.99. The van der Waals surface area contributed by atoms with E-state index in [0.29, 0.717) is 0 Å². The van der Waals surface area contributed by atoms with Gasteiger partial charge >= 0.3 is 0 Å². The molecule has 10 rings (SSSR count). The predicted molar refractivity (Wildman–Crippen MR) is 207 cm³/mol. The Bertz CT molecular complexity index is 2770. The molecule has 1 atom stereocenters. The molecule has 0 saturated carbocycles. The van der Waals surface area contributed by atoms with Crippen LogP contribution in [0.5, 0.6) is 0 Å². The van der Waals surface area contributed by atoms with Crippen LogP contribution in [0.15, 0.2) is 176 Å². The fourth-order valence-electron chi connectivity index (χ4n) is 7.67. The van der Waals surface area contributed by atoms with E-state index in [-0.39, 0.29) is 5.92 Å². The van der Waals surface area contributed by atoms with E-state index in [1.54, 1.807) is 0 Å². The summed E-state index contributed by atoms with van der Waals surface area (Å²) in [5.41, 5.74) is 11.1. The van der Waals surface area contributed by atoms with Gasteiger partial charge in [-0.3, -0.25) is 0 Å². The van der Waals surface area contributed by atoms with Gasteiger partial charge in [0.05, 0.1) is 33.5 Å². The van der Waals surface area contributed by atoms with E-state index >= 15 is 0 Å². The molecule has 0 aliphatic heterocycles. The Morgan fingerprint density at radius 2 is 1.06 bits per heavy atom. The Balaban J connectivity index is 1.15. The lowest BCUT2D eigenvalue weighted by atomic mass is 9.95. The number of nitrogens with zero attached hydrogens (tertiary/aromatic N) is 4. The van der Waals surface area contributed by atoms with Crippen molar-refractivity contribution in [1.82, 2.24) is 19.1 Å². The molecule has 1 aliphatic rings.